The first-order valence-corrected chi connectivity index (χ1v) is 45.8. The summed E-state index contributed by atoms with van der Waals surface area (Å²) in [5.74, 6) is -2.28. The maximum absolute atomic E-state index is 13.1. The quantitative estimate of drug-likeness (QED) is 0.0169. The first-order valence-electron chi connectivity index (χ1n) is 42.8. The minimum Gasteiger partial charge on any atom is -0.462 e. The summed E-state index contributed by atoms with van der Waals surface area (Å²) in [6.07, 6.45) is 90.3. The van der Waals surface area contributed by atoms with Crippen LogP contribution in [0.3, 0.4) is 0 Å². The van der Waals surface area contributed by atoms with Gasteiger partial charge in [0.25, 0.3) is 0 Å². The molecule has 0 heterocycles. The zero-order chi connectivity index (χ0) is 78.9. The van der Waals surface area contributed by atoms with Gasteiger partial charge in [-0.25, -0.2) is 9.13 Å². The summed E-state index contributed by atoms with van der Waals surface area (Å²) in [6, 6.07) is 0. The fourth-order valence-corrected chi connectivity index (χ4v) is 13.0. The molecular formula is C89H154O17P2. The lowest BCUT2D eigenvalue weighted by Crippen LogP contribution is -2.30. The number of ether oxygens (including phenoxy) is 4. The highest BCUT2D eigenvalue weighted by Gasteiger charge is 2.30. The number of hydrogen-bond acceptors (Lipinski definition) is 15. The summed E-state index contributed by atoms with van der Waals surface area (Å²) in [7, 11) is -9.99. The number of esters is 4. The van der Waals surface area contributed by atoms with Crippen molar-refractivity contribution < 1.29 is 80.2 Å². The van der Waals surface area contributed by atoms with Gasteiger partial charge in [-0.1, -0.05) is 329 Å². The molecule has 0 aliphatic carbocycles. The second-order valence-corrected chi connectivity index (χ2v) is 31.3. The Hall–Kier alpha value is -4.54. The molecule has 0 aromatic heterocycles. The van der Waals surface area contributed by atoms with Crippen LogP contribution in [0.5, 0.6) is 0 Å². The van der Waals surface area contributed by atoms with Gasteiger partial charge in [-0.05, 0) is 128 Å². The van der Waals surface area contributed by atoms with E-state index < -0.39 is 97.5 Å². The van der Waals surface area contributed by atoms with Crippen molar-refractivity contribution in [3.05, 3.63) is 122 Å². The van der Waals surface area contributed by atoms with Gasteiger partial charge >= 0.3 is 39.5 Å². The third-order valence-electron chi connectivity index (χ3n) is 17.9. The van der Waals surface area contributed by atoms with Crippen molar-refractivity contribution in [3.63, 3.8) is 0 Å². The number of aliphatic hydroxyl groups excluding tert-OH is 1. The molecule has 0 aliphatic rings. The Kier molecular flexibility index (Phi) is 77.1. The number of phosphoric ester groups is 2. The molecular weight excluding hydrogens is 1400 g/mol. The molecule has 0 bridgehead atoms. The highest BCUT2D eigenvalue weighted by molar-refractivity contribution is 7.47. The molecule has 0 saturated heterocycles. The first-order chi connectivity index (χ1) is 52.7. The van der Waals surface area contributed by atoms with Crippen molar-refractivity contribution in [3.8, 4) is 0 Å². The molecule has 108 heavy (non-hydrogen) atoms. The molecule has 17 nitrogen and oxygen atoms in total. The molecule has 622 valence electrons. The number of phosphoric acid groups is 2. The zero-order valence-electron chi connectivity index (χ0n) is 68.2. The Morgan fingerprint density at radius 3 is 0.824 bits per heavy atom. The molecule has 5 atom stereocenters. The predicted octanol–water partition coefficient (Wildman–Crippen LogP) is 25.5. The standard InChI is InChI=1S/C89H154O17P2/c1-5-9-13-17-21-25-29-33-37-39-41-43-47-49-53-57-61-65-69-73-86(91)99-79-84(105-88(93)75-71-67-63-59-55-51-45-35-31-27-23-19-15-11-7-3)81-103-107(95,96)101-77-83(90)78-102-108(97,98)104-82-85(106-89(94)76-72-68-64-60-56-52-46-36-32-28-24-20-16-12-8-4)80-100-87(92)74-70-66-62-58-54-50-48-44-42-40-38-34-30-26-22-18-14-10-6-2/h9,13,21-22,25-26,33-35,37-38,41-45,49,53,61,65,83-85,90H,5-8,10-12,14-20,23-24,27-32,36,39-40,46-48,50-52,54-60,62-64,66-82H2,1-4H3,(H,95,96)(H,97,98)/b13-9-,25-21-,26-22-,37-33-,38-34-,43-41-,44-42-,45-35-,53-49-,65-61-. The third kappa shape index (κ3) is 79.5. The molecule has 0 aromatic carbocycles. The van der Waals surface area contributed by atoms with E-state index in [0.29, 0.717) is 32.1 Å². The third-order valence-corrected chi connectivity index (χ3v) is 19.8. The van der Waals surface area contributed by atoms with E-state index in [4.69, 9.17) is 37.0 Å². The molecule has 5 unspecified atom stereocenters. The zero-order valence-corrected chi connectivity index (χ0v) is 70.0. The summed E-state index contributed by atoms with van der Waals surface area (Å²) in [6.45, 7) is 4.68. The van der Waals surface area contributed by atoms with Gasteiger partial charge in [-0.3, -0.25) is 37.3 Å². The largest absolute Gasteiger partial charge is 0.472 e. The predicted molar refractivity (Wildman–Crippen MR) is 445 cm³/mol. The fraction of sp³-hybridized carbons (Fsp3) is 0.730. The van der Waals surface area contributed by atoms with Crippen LogP contribution in [-0.4, -0.2) is 96.7 Å². The van der Waals surface area contributed by atoms with E-state index in [-0.39, 0.29) is 25.7 Å². The lowest BCUT2D eigenvalue weighted by Gasteiger charge is -2.21. The molecule has 0 fully saturated rings. The average Bonchev–Trinajstić information content (AvgIpc) is 0.923. The molecule has 0 amide bonds. The Bertz CT molecular complexity index is 2520. The van der Waals surface area contributed by atoms with Gasteiger partial charge in [0, 0.05) is 25.7 Å². The van der Waals surface area contributed by atoms with Crippen molar-refractivity contribution >= 4 is 39.5 Å². The van der Waals surface area contributed by atoms with Crippen LogP contribution in [0.4, 0.5) is 0 Å². The van der Waals surface area contributed by atoms with Gasteiger partial charge in [0.15, 0.2) is 12.2 Å². The van der Waals surface area contributed by atoms with E-state index in [1.54, 1.807) is 0 Å². The molecule has 19 heteroatoms. The second kappa shape index (κ2) is 80.5. The number of rotatable bonds is 80. The van der Waals surface area contributed by atoms with Gasteiger partial charge in [0.2, 0.25) is 0 Å². The highest BCUT2D eigenvalue weighted by Crippen LogP contribution is 2.45. The number of hydrogen-bond donors (Lipinski definition) is 3. The van der Waals surface area contributed by atoms with Crippen LogP contribution in [0.1, 0.15) is 362 Å². The lowest BCUT2D eigenvalue weighted by atomic mass is 10.0. The smallest absolute Gasteiger partial charge is 0.462 e. The Balaban J connectivity index is 5.42. The van der Waals surface area contributed by atoms with Crippen LogP contribution in [0.15, 0.2) is 122 Å². The molecule has 0 saturated carbocycles. The van der Waals surface area contributed by atoms with Gasteiger partial charge in [0.1, 0.15) is 19.3 Å². The normalized spacial score (nSPS) is 14.4. The van der Waals surface area contributed by atoms with E-state index in [0.717, 1.165) is 154 Å². The average molecular weight is 1560 g/mol. The van der Waals surface area contributed by atoms with Crippen molar-refractivity contribution in [2.75, 3.05) is 39.6 Å². The van der Waals surface area contributed by atoms with Crippen LogP contribution in [0.2, 0.25) is 0 Å². The van der Waals surface area contributed by atoms with Crippen molar-refractivity contribution in [1.29, 1.82) is 0 Å². The maximum atomic E-state index is 13.1. The van der Waals surface area contributed by atoms with E-state index in [1.165, 1.54) is 122 Å². The monoisotopic (exact) mass is 1560 g/mol. The fourth-order valence-electron chi connectivity index (χ4n) is 11.4. The lowest BCUT2D eigenvalue weighted by molar-refractivity contribution is -0.161. The van der Waals surface area contributed by atoms with E-state index >= 15 is 0 Å². The van der Waals surface area contributed by atoms with Crippen LogP contribution in [-0.2, 0) is 65.4 Å². The molecule has 0 aromatic rings. The Morgan fingerprint density at radius 1 is 0.269 bits per heavy atom. The summed E-state index contributed by atoms with van der Waals surface area (Å²) in [5.41, 5.74) is 0. The number of aliphatic hydroxyl groups is 1. The minimum atomic E-state index is -5.00. The molecule has 0 aliphatic heterocycles. The molecule has 0 rings (SSSR count). The van der Waals surface area contributed by atoms with Crippen molar-refractivity contribution in [2.45, 2.75) is 380 Å². The summed E-state index contributed by atoms with van der Waals surface area (Å²) in [4.78, 5) is 73.2. The topological polar surface area (TPSA) is 237 Å². The van der Waals surface area contributed by atoms with E-state index in [2.05, 4.69) is 131 Å². The molecule has 0 radical (unpaired) electrons. The van der Waals surface area contributed by atoms with E-state index in [9.17, 15) is 43.2 Å². The second-order valence-electron chi connectivity index (χ2n) is 28.4. The Morgan fingerprint density at radius 2 is 0.500 bits per heavy atom. The van der Waals surface area contributed by atoms with Gasteiger partial charge in [-0.2, -0.15) is 0 Å². The summed E-state index contributed by atoms with van der Waals surface area (Å²) in [5, 5.41) is 10.7. The van der Waals surface area contributed by atoms with E-state index in [1.807, 2.05) is 18.2 Å². The minimum absolute atomic E-state index is 0.0336. The summed E-state index contributed by atoms with van der Waals surface area (Å²) < 4.78 is 68.7. The highest BCUT2D eigenvalue weighted by atomic mass is 31.2. The van der Waals surface area contributed by atoms with Crippen LogP contribution in [0.25, 0.3) is 0 Å². The first kappa shape index (κ1) is 103. The SMILES string of the molecule is CC/C=C\C/C=C\C/C=C\C/C=C\C/C=C\C/C=C\CCC(=O)OCC(COP(=O)(O)OCC(O)COP(=O)(O)OCC(COC(=O)CCCCCCCC/C=C\C/C=C\C/C=C\CCCCC)OC(=O)CCCCCCCCCCCCCCCCC)OC(=O)CCCCCCC/C=C\CCCCCCCC. The number of allylic oxidation sites excluding steroid dienone is 20. The molecule has 0 spiro atoms. The maximum Gasteiger partial charge on any atom is 0.472 e. The van der Waals surface area contributed by atoms with Crippen LogP contribution < -0.4 is 0 Å². The van der Waals surface area contributed by atoms with Gasteiger partial charge < -0.3 is 33.8 Å². The van der Waals surface area contributed by atoms with Gasteiger partial charge in [-0.15, -0.1) is 0 Å². The number of carbonyl (C=O) groups excluding carboxylic acids is 4. The molecule has 3 N–H and O–H groups in total. The number of carbonyl (C=O) groups is 4. The van der Waals surface area contributed by atoms with Crippen LogP contribution in [0, 0.1) is 0 Å². The summed E-state index contributed by atoms with van der Waals surface area (Å²) >= 11 is 0. The van der Waals surface area contributed by atoms with Crippen molar-refractivity contribution in [2.24, 2.45) is 0 Å². The van der Waals surface area contributed by atoms with Gasteiger partial charge in [0.05, 0.1) is 26.4 Å². The van der Waals surface area contributed by atoms with Crippen LogP contribution >= 0.6 is 15.6 Å². The number of unbranched alkanes of at least 4 members (excludes halogenated alkanes) is 34. The Labute approximate surface area is 657 Å². The van der Waals surface area contributed by atoms with Crippen molar-refractivity contribution in [1.82, 2.24) is 0 Å².